The van der Waals surface area contributed by atoms with Gasteiger partial charge in [-0.3, -0.25) is 4.55 Å². The molecule has 0 atom stereocenters. The van der Waals surface area contributed by atoms with Crippen molar-refractivity contribution in [3.63, 3.8) is 0 Å². The van der Waals surface area contributed by atoms with Crippen molar-refractivity contribution in [2.24, 2.45) is 0 Å². The molecule has 1 aliphatic rings. The average molecular weight is 390 g/mol. The fourth-order valence-corrected chi connectivity index (χ4v) is 4.10. The van der Waals surface area contributed by atoms with Crippen LogP contribution < -0.4 is 9.64 Å². The minimum Gasteiger partial charge on any atom is -0.453 e. The van der Waals surface area contributed by atoms with E-state index < -0.39 is 10.1 Å². The van der Waals surface area contributed by atoms with Crippen LogP contribution in [0.4, 0.5) is 11.4 Å². The van der Waals surface area contributed by atoms with Crippen molar-refractivity contribution in [3.05, 3.63) is 47.5 Å². The second-order valence-electron chi connectivity index (χ2n) is 6.96. The van der Waals surface area contributed by atoms with Gasteiger partial charge in [-0.05, 0) is 48.6 Å². The molecule has 0 saturated heterocycles. The predicted molar refractivity (Wildman–Crippen MR) is 109 cm³/mol. The van der Waals surface area contributed by atoms with Crippen molar-refractivity contribution in [2.75, 3.05) is 17.2 Å². The molecule has 0 radical (unpaired) electrons. The van der Waals surface area contributed by atoms with Crippen LogP contribution in [0.3, 0.4) is 0 Å². The lowest BCUT2D eigenvalue weighted by Crippen LogP contribution is -2.25. The first-order chi connectivity index (χ1) is 12.9. The molecule has 0 aliphatic carbocycles. The minimum atomic E-state index is -3.97. The normalized spacial score (nSPS) is 13.1. The molecule has 0 saturated carbocycles. The molecule has 1 aliphatic heterocycles. The summed E-state index contributed by atoms with van der Waals surface area (Å²) in [5.41, 5.74) is 4.40. The smallest absolute Gasteiger partial charge is 0.264 e. The SMILES string of the molecule is CCCc1ccc2c(c1)N(CCCS(=O)(=O)O)c1c(CCC)cccc1O2. The van der Waals surface area contributed by atoms with Crippen molar-refractivity contribution in [1.29, 1.82) is 0 Å². The maximum Gasteiger partial charge on any atom is 0.264 e. The second-order valence-corrected chi connectivity index (χ2v) is 8.53. The summed E-state index contributed by atoms with van der Waals surface area (Å²) in [5.74, 6) is 1.32. The zero-order valence-corrected chi connectivity index (χ0v) is 16.8. The molecule has 6 heteroatoms. The van der Waals surface area contributed by atoms with Crippen molar-refractivity contribution in [1.82, 2.24) is 0 Å². The standard InChI is InChI=1S/C21H27NO4S/c1-3-7-16-11-12-19-18(15-16)22(13-6-14-27(23,24)25)21-17(8-4-2)9-5-10-20(21)26-19/h5,9-12,15H,3-4,6-8,13-14H2,1-2H3,(H,23,24,25). The van der Waals surface area contributed by atoms with Crippen molar-refractivity contribution >= 4 is 21.5 Å². The molecule has 0 fully saturated rings. The number of anilines is 2. The van der Waals surface area contributed by atoms with Crippen LogP contribution >= 0.6 is 0 Å². The Morgan fingerprint density at radius 1 is 1.04 bits per heavy atom. The highest BCUT2D eigenvalue weighted by molar-refractivity contribution is 7.85. The van der Waals surface area contributed by atoms with E-state index in [1.54, 1.807) is 0 Å². The highest BCUT2D eigenvalue weighted by Crippen LogP contribution is 2.48. The first-order valence-electron chi connectivity index (χ1n) is 9.58. The van der Waals surface area contributed by atoms with E-state index in [2.05, 4.69) is 36.9 Å². The van der Waals surface area contributed by atoms with Gasteiger partial charge in [-0.2, -0.15) is 8.42 Å². The molecule has 0 aromatic heterocycles. The van der Waals surface area contributed by atoms with E-state index in [0.29, 0.717) is 13.0 Å². The topological polar surface area (TPSA) is 66.8 Å². The number of rotatable bonds is 8. The van der Waals surface area contributed by atoms with Crippen LogP contribution in [0.2, 0.25) is 0 Å². The Morgan fingerprint density at radius 3 is 2.52 bits per heavy atom. The van der Waals surface area contributed by atoms with Crippen LogP contribution in [0.25, 0.3) is 0 Å². The summed E-state index contributed by atoms with van der Waals surface area (Å²) in [6, 6.07) is 12.3. The van der Waals surface area contributed by atoms with Gasteiger partial charge in [0.05, 0.1) is 17.1 Å². The van der Waals surface area contributed by atoms with Gasteiger partial charge in [-0.25, -0.2) is 0 Å². The number of hydrogen-bond donors (Lipinski definition) is 1. The molecule has 146 valence electrons. The van der Waals surface area contributed by atoms with Gasteiger partial charge in [-0.15, -0.1) is 0 Å². The summed E-state index contributed by atoms with van der Waals surface area (Å²) in [6.07, 6.45) is 4.31. The Kier molecular flexibility index (Phi) is 6.07. The van der Waals surface area contributed by atoms with Crippen LogP contribution in [0.5, 0.6) is 11.5 Å². The Morgan fingerprint density at radius 2 is 1.81 bits per heavy atom. The molecule has 1 heterocycles. The monoisotopic (exact) mass is 389 g/mol. The summed E-state index contributed by atoms with van der Waals surface area (Å²) in [4.78, 5) is 2.16. The molecular formula is C21H27NO4S. The lowest BCUT2D eigenvalue weighted by atomic mass is 10.0. The van der Waals surface area contributed by atoms with Crippen LogP contribution in [0.1, 0.15) is 44.2 Å². The Bertz CT molecular complexity index is 908. The highest BCUT2D eigenvalue weighted by atomic mass is 32.2. The van der Waals surface area contributed by atoms with Gasteiger partial charge < -0.3 is 9.64 Å². The Hall–Kier alpha value is -2.05. The number of ether oxygens (including phenoxy) is 1. The number of hydrogen-bond acceptors (Lipinski definition) is 4. The van der Waals surface area contributed by atoms with Crippen molar-refractivity contribution in [3.8, 4) is 11.5 Å². The summed E-state index contributed by atoms with van der Waals surface area (Å²) in [7, 11) is -3.97. The molecule has 0 unspecified atom stereocenters. The van der Waals surface area contributed by atoms with Gasteiger partial charge in [0.25, 0.3) is 10.1 Å². The van der Waals surface area contributed by atoms with E-state index >= 15 is 0 Å². The third-order valence-corrected chi connectivity index (χ3v) is 5.53. The van der Waals surface area contributed by atoms with Crippen molar-refractivity contribution in [2.45, 2.75) is 46.0 Å². The van der Waals surface area contributed by atoms with E-state index in [-0.39, 0.29) is 5.75 Å². The van der Waals surface area contributed by atoms with Crippen LogP contribution in [0.15, 0.2) is 36.4 Å². The summed E-state index contributed by atoms with van der Waals surface area (Å²) < 4.78 is 37.7. The fourth-order valence-electron chi connectivity index (χ4n) is 3.61. The second kappa shape index (κ2) is 8.31. The molecule has 0 spiro atoms. The number of fused-ring (bicyclic) bond motifs is 2. The largest absolute Gasteiger partial charge is 0.453 e. The van der Waals surface area contributed by atoms with Gasteiger partial charge in [0, 0.05) is 6.54 Å². The summed E-state index contributed by atoms with van der Waals surface area (Å²) in [6.45, 7) is 4.78. The maximum absolute atomic E-state index is 11.2. The lowest BCUT2D eigenvalue weighted by Gasteiger charge is -2.35. The molecule has 5 nitrogen and oxygen atoms in total. The van der Waals surface area contributed by atoms with Crippen LogP contribution in [0, 0.1) is 0 Å². The molecule has 2 aromatic rings. The molecule has 27 heavy (non-hydrogen) atoms. The van der Waals surface area contributed by atoms with Gasteiger partial charge >= 0.3 is 0 Å². The van der Waals surface area contributed by atoms with E-state index in [0.717, 1.165) is 48.6 Å². The number of para-hydroxylation sites is 1. The first-order valence-corrected chi connectivity index (χ1v) is 11.2. The predicted octanol–water partition coefficient (Wildman–Crippen LogP) is 5.11. The molecule has 0 bridgehead atoms. The Balaban J connectivity index is 2.03. The van der Waals surface area contributed by atoms with Crippen LogP contribution in [-0.2, 0) is 23.0 Å². The average Bonchev–Trinajstić information content (AvgIpc) is 2.61. The quantitative estimate of drug-likeness (QED) is 0.635. The third kappa shape index (κ3) is 4.62. The van der Waals surface area contributed by atoms with Crippen molar-refractivity contribution < 1.29 is 17.7 Å². The van der Waals surface area contributed by atoms with E-state index in [1.807, 2.05) is 18.2 Å². The highest BCUT2D eigenvalue weighted by Gasteiger charge is 2.27. The van der Waals surface area contributed by atoms with Gasteiger partial charge in [0.2, 0.25) is 0 Å². The lowest BCUT2D eigenvalue weighted by molar-refractivity contribution is 0.470. The molecule has 1 N–H and O–H groups in total. The van der Waals surface area contributed by atoms with Gasteiger partial charge in [0.15, 0.2) is 11.5 Å². The van der Waals surface area contributed by atoms with Crippen LogP contribution in [-0.4, -0.2) is 25.3 Å². The Labute approximate surface area is 161 Å². The number of aryl methyl sites for hydroxylation is 2. The maximum atomic E-state index is 11.2. The molecular weight excluding hydrogens is 362 g/mol. The molecule has 3 rings (SSSR count). The van der Waals surface area contributed by atoms with E-state index in [1.165, 1.54) is 11.1 Å². The summed E-state index contributed by atoms with van der Waals surface area (Å²) in [5, 5.41) is 0. The molecule has 2 aromatic carbocycles. The van der Waals surface area contributed by atoms with E-state index in [4.69, 9.17) is 9.29 Å². The third-order valence-electron chi connectivity index (χ3n) is 4.73. The summed E-state index contributed by atoms with van der Waals surface area (Å²) >= 11 is 0. The number of benzene rings is 2. The minimum absolute atomic E-state index is 0.250. The van der Waals surface area contributed by atoms with E-state index in [9.17, 15) is 8.42 Å². The number of nitrogens with zero attached hydrogens (tertiary/aromatic N) is 1. The zero-order valence-electron chi connectivity index (χ0n) is 15.9. The molecule has 0 amide bonds. The first kappa shape index (κ1) is 19.7. The zero-order chi connectivity index (χ0) is 19.4. The fraction of sp³-hybridized carbons (Fsp3) is 0.429. The van der Waals surface area contributed by atoms with Gasteiger partial charge in [-0.1, -0.05) is 44.9 Å². The van der Waals surface area contributed by atoms with Gasteiger partial charge in [0.1, 0.15) is 0 Å².